The molecule has 2 aromatic rings. The van der Waals surface area contributed by atoms with Crippen LogP contribution in [0.5, 0.6) is 5.75 Å². The molecule has 0 aromatic heterocycles. The van der Waals surface area contributed by atoms with Gasteiger partial charge >= 0.3 is 5.97 Å². The lowest BCUT2D eigenvalue weighted by molar-refractivity contribution is 0.0697. The van der Waals surface area contributed by atoms with Crippen LogP contribution in [-0.2, 0) is 5.41 Å². The Morgan fingerprint density at radius 2 is 1.82 bits per heavy atom. The number of hydrogen-bond acceptors (Lipinski definition) is 3. The van der Waals surface area contributed by atoms with Gasteiger partial charge in [0.25, 0.3) is 0 Å². The van der Waals surface area contributed by atoms with Crippen LogP contribution in [-0.4, -0.2) is 18.2 Å². The Balaban J connectivity index is 2.49. The molecule has 1 N–H and O–H groups in total. The van der Waals surface area contributed by atoms with Crippen molar-refractivity contribution in [1.29, 1.82) is 5.26 Å². The molecule has 0 saturated heterocycles. The average Bonchev–Trinajstić information content (AvgIpc) is 2.54. The summed E-state index contributed by atoms with van der Waals surface area (Å²) in [7, 11) is 1.50. The first-order chi connectivity index (χ1) is 10.4. The summed E-state index contributed by atoms with van der Waals surface area (Å²) < 4.78 is 5.07. The number of methoxy groups -OCH3 is 1. The molecule has 2 aromatic carbocycles. The van der Waals surface area contributed by atoms with Crippen LogP contribution < -0.4 is 4.74 Å². The smallest absolute Gasteiger partial charge is 0.336 e. The summed E-state index contributed by atoms with van der Waals surface area (Å²) in [5, 5.41) is 18.5. The minimum Gasteiger partial charge on any atom is -0.497 e. The van der Waals surface area contributed by atoms with Gasteiger partial charge in [-0.25, -0.2) is 4.79 Å². The van der Waals surface area contributed by atoms with E-state index in [9.17, 15) is 9.90 Å². The molecule has 0 atom stereocenters. The second-order valence-corrected chi connectivity index (χ2v) is 5.53. The number of aromatic carboxylic acids is 1. The molecule has 2 rings (SSSR count). The summed E-state index contributed by atoms with van der Waals surface area (Å²) in [6, 6.07) is 14.6. The first-order valence-electron chi connectivity index (χ1n) is 6.82. The molecule has 0 unspecified atom stereocenters. The number of carbonyl (C=O) groups is 1. The van der Waals surface area contributed by atoms with E-state index in [1.807, 2.05) is 38.1 Å². The van der Waals surface area contributed by atoms with E-state index in [2.05, 4.69) is 6.07 Å². The third-order valence-electron chi connectivity index (χ3n) is 3.65. The van der Waals surface area contributed by atoms with Crippen LogP contribution >= 0.6 is 0 Å². The first kappa shape index (κ1) is 15.6. The van der Waals surface area contributed by atoms with Gasteiger partial charge in [-0.15, -0.1) is 0 Å². The predicted octanol–water partition coefficient (Wildman–Crippen LogP) is 3.86. The van der Waals surface area contributed by atoms with Crippen LogP contribution in [0.2, 0.25) is 0 Å². The third-order valence-corrected chi connectivity index (χ3v) is 3.65. The molecule has 0 spiro atoms. The van der Waals surface area contributed by atoms with Crippen LogP contribution in [0.4, 0.5) is 0 Å². The van der Waals surface area contributed by atoms with E-state index in [0.29, 0.717) is 11.3 Å². The van der Waals surface area contributed by atoms with E-state index in [1.54, 1.807) is 12.1 Å². The molecule has 0 amide bonds. The van der Waals surface area contributed by atoms with Crippen LogP contribution in [0, 0.1) is 11.3 Å². The third kappa shape index (κ3) is 2.94. The van der Waals surface area contributed by atoms with Crippen LogP contribution in [0.15, 0.2) is 42.5 Å². The predicted molar refractivity (Wildman–Crippen MR) is 84.0 cm³/mol. The molecular formula is C18H17NO3. The van der Waals surface area contributed by atoms with Crippen LogP contribution in [0.1, 0.15) is 29.8 Å². The molecule has 0 aliphatic rings. The normalized spacial score (nSPS) is 10.8. The molecule has 112 valence electrons. The van der Waals surface area contributed by atoms with Gasteiger partial charge in [0.05, 0.1) is 24.2 Å². The molecule has 0 aliphatic carbocycles. The zero-order chi connectivity index (χ0) is 16.3. The average molecular weight is 295 g/mol. The number of nitriles is 1. The van der Waals surface area contributed by atoms with Gasteiger partial charge in [0, 0.05) is 0 Å². The Hall–Kier alpha value is -2.80. The Labute approximate surface area is 129 Å². The Bertz CT molecular complexity index is 740. The summed E-state index contributed by atoms with van der Waals surface area (Å²) in [5.41, 5.74) is 1.91. The molecule has 0 heterocycles. The highest BCUT2D eigenvalue weighted by molar-refractivity contribution is 5.96. The van der Waals surface area contributed by atoms with Gasteiger partial charge in [0.2, 0.25) is 0 Å². The van der Waals surface area contributed by atoms with Crippen molar-refractivity contribution in [3.63, 3.8) is 0 Å². The zero-order valence-corrected chi connectivity index (χ0v) is 12.8. The van der Waals surface area contributed by atoms with Crippen molar-refractivity contribution in [2.75, 3.05) is 7.11 Å². The van der Waals surface area contributed by atoms with E-state index in [-0.39, 0.29) is 5.56 Å². The number of ether oxygens (including phenoxy) is 1. The van der Waals surface area contributed by atoms with Crippen molar-refractivity contribution >= 4 is 5.97 Å². The number of nitrogens with zero attached hydrogens (tertiary/aromatic N) is 1. The van der Waals surface area contributed by atoms with E-state index in [0.717, 1.165) is 11.1 Å². The minimum absolute atomic E-state index is 0.187. The molecule has 0 fully saturated rings. The van der Waals surface area contributed by atoms with E-state index < -0.39 is 11.4 Å². The molecule has 22 heavy (non-hydrogen) atoms. The highest BCUT2D eigenvalue weighted by atomic mass is 16.5. The fourth-order valence-corrected chi connectivity index (χ4v) is 2.21. The van der Waals surface area contributed by atoms with Crippen molar-refractivity contribution in [2.45, 2.75) is 19.3 Å². The molecule has 4 heteroatoms. The molecule has 0 bridgehead atoms. The van der Waals surface area contributed by atoms with Gasteiger partial charge in [0.1, 0.15) is 5.75 Å². The van der Waals surface area contributed by atoms with Crippen molar-refractivity contribution < 1.29 is 14.6 Å². The molecule has 0 saturated carbocycles. The second kappa shape index (κ2) is 5.90. The van der Waals surface area contributed by atoms with Crippen molar-refractivity contribution in [3.05, 3.63) is 53.6 Å². The number of carboxylic acid groups (broad SMARTS) is 1. The quantitative estimate of drug-likeness (QED) is 0.929. The summed E-state index contributed by atoms with van der Waals surface area (Å²) in [6.45, 7) is 3.69. The maximum Gasteiger partial charge on any atom is 0.336 e. The monoisotopic (exact) mass is 295 g/mol. The van der Waals surface area contributed by atoms with Gasteiger partial charge in [-0.2, -0.15) is 5.26 Å². The Kier molecular flexibility index (Phi) is 4.18. The number of carboxylic acids is 1. The summed E-state index contributed by atoms with van der Waals surface area (Å²) in [4.78, 5) is 11.4. The van der Waals surface area contributed by atoms with Crippen LogP contribution in [0.25, 0.3) is 11.1 Å². The SMILES string of the molecule is COc1ccc(-c2ccc(C(C)(C)C#N)cc2)c(C(=O)O)c1. The van der Waals surface area contributed by atoms with Gasteiger partial charge in [-0.05, 0) is 48.7 Å². The summed E-state index contributed by atoms with van der Waals surface area (Å²) >= 11 is 0. The van der Waals surface area contributed by atoms with E-state index in [1.165, 1.54) is 13.2 Å². The number of benzene rings is 2. The molecule has 4 nitrogen and oxygen atoms in total. The fourth-order valence-electron chi connectivity index (χ4n) is 2.21. The molecule has 0 radical (unpaired) electrons. The van der Waals surface area contributed by atoms with Gasteiger partial charge in [-0.3, -0.25) is 0 Å². The van der Waals surface area contributed by atoms with Crippen molar-refractivity contribution in [1.82, 2.24) is 0 Å². The number of rotatable bonds is 4. The highest BCUT2D eigenvalue weighted by Gasteiger charge is 2.20. The molecule has 0 aliphatic heterocycles. The standard InChI is InChI=1S/C18H17NO3/c1-18(2,11-19)13-6-4-12(5-7-13)15-9-8-14(22-3)10-16(15)17(20)21/h4-10H,1-3H3,(H,20,21). The Morgan fingerprint density at radius 1 is 1.18 bits per heavy atom. The summed E-state index contributed by atoms with van der Waals surface area (Å²) in [6.07, 6.45) is 0. The fraction of sp³-hybridized carbons (Fsp3) is 0.222. The number of hydrogen-bond donors (Lipinski definition) is 1. The highest BCUT2D eigenvalue weighted by Crippen LogP contribution is 2.30. The van der Waals surface area contributed by atoms with Gasteiger partial charge in [-0.1, -0.05) is 24.3 Å². The maximum absolute atomic E-state index is 11.4. The van der Waals surface area contributed by atoms with Gasteiger partial charge in [0.15, 0.2) is 0 Å². The maximum atomic E-state index is 11.4. The van der Waals surface area contributed by atoms with E-state index >= 15 is 0 Å². The van der Waals surface area contributed by atoms with E-state index in [4.69, 9.17) is 10.00 Å². The van der Waals surface area contributed by atoms with Crippen molar-refractivity contribution in [2.24, 2.45) is 0 Å². The van der Waals surface area contributed by atoms with Gasteiger partial charge < -0.3 is 9.84 Å². The topological polar surface area (TPSA) is 70.3 Å². The van der Waals surface area contributed by atoms with Crippen molar-refractivity contribution in [3.8, 4) is 22.9 Å². The first-order valence-corrected chi connectivity index (χ1v) is 6.82. The zero-order valence-electron chi connectivity index (χ0n) is 12.8. The summed E-state index contributed by atoms with van der Waals surface area (Å²) in [5.74, 6) is -0.501. The molecular weight excluding hydrogens is 278 g/mol. The second-order valence-electron chi connectivity index (χ2n) is 5.53. The largest absolute Gasteiger partial charge is 0.497 e. The lowest BCUT2D eigenvalue weighted by Crippen LogP contribution is -2.13. The van der Waals surface area contributed by atoms with Crippen LogP contribution in [0.3, 0.4) is 0 Å². The lowest BCUT2D eigenvalue weighted by atomic mass is 9.85. The Morgan fingerprint density at radius 3 is 2.32 bits per heavy atom. The lowest BCUT2D eigenvalue weighted by Gasteiger charge is -2.16. The minimum atomic E-state index is -1.00.